The normalized spacial score (nSPS) is 11.2. The number of nitrogens with zero attached hydrogens (tertiary/aromatic N) is 1. The molecule has 4 aromatic rings. The number of rotatable bonds is 8. The van der Waals surface area contributed by atoms with Crippen LogP contribution in [0, 0.1) is 3.57 Å². The van der Waals surface area contributed by atoms with Crippen molar-refractivity contribution in [1.82, 2.24) is 5.43 Å². The van der Waals surface area contributed by atoms with E-state index in [1.807, 2.05) is 31.2 Å². The maximum absolute atomic E-state index is 12.5. The Kier molecular flexibility index (Phi) is 8.59. The van der Waals surface area contributed by atoms with Crippen molar-refractivity contribution < 1.29 is 18.7 Å². The molecule has 0 radical (unpaired) electrons. The minimum absolute atomic E-state index is 0.160. The number of fused-ring (bicyclic) bond motifs is 1. The van der Waals surface area contributed by atoms with Crippen LogP contribution in [0.2, 0.25) is 10.0 Å². The molecule has 10 heteroatoms. The fraction of sp³-hybridized carbons (Fsp3) is 0.120. The molecule has 0 fully saturated rings. The highest BCUT2D eigenvalue weighted by molar-refractivity contribution is 14.1. The number of benzene rings is 3. The molecule has 0 bridgehead atoms. The second-order valence-electron chi connectivity index (χ2n) is 7.29. The fourth-order valence-electron chi connectivity index (χ4n) is 3.19. The molecule has 0 saturated carbocycles. The van der Waals surface area contributed by atoms with Gasteiger partial charge in [0.1, 0.15) is 23.7 Å². The van der Waals surface area contributed by atoms with Crippen LogP contribution in [0.25, 0.3) is 11.0 Å². The lowest BCUT2D eigenvalue weighted by Crippen LogP contribution is -2.16. The Bertz CT molecular complexity index is 1400. The molecule has 1 amide bonds. The maximum atomic E-state index is 12.5. The average Bonchev–Trinajstić information content (AvgIpc) is 3.24. The van der Waals surface area contributed by atoms with Crippen molar-refractivity contribution in [2.24, 2.45) is 5.10 Å². The van der Waals surface area contributed by atoms with Crippen LogP contribution >= 0.6 is 61.7 Å². The lowest BCUT2D eigenvalue weighted by molar-refractivity contribution is 0.0929. The van der Waals surface area contributed by atoms with Crippen molar-refractivity contribution >= 4 is 84.8 Å². The molecular weight excluding hydrogens is 670 g/mol. The predicted octanol–water partition coefficient (Wildman–Crippen LogP) is 7.85. The van der Waals surface area contributed by atoms with Crippen LogP contribution in [-0.4, -0.2) is 18.7 Å². The largest absolute Gasteiger partial charge is 0.494 e. The standard InChI is InChI=1S/C25H18BrCl2IN2O4/c1-2-33-17-4-6-22-16(10-17)11-23(35-22)25(32)31-30-12-15-7-18(26)24(21(29)9-15)34-13-14-3-5-19(27)20(28)8-14/h3-12H,2,13H2,1H3,(H,31,32)/b30-12+. The quantitative estimate of drug-likeness (QED) is 0.116. The van der Waals surface area contributed by atoms with Crippen LogP contribution in [-0.2, 0) is 6.61 Å². The van der Waals surface area contributed by atoms with Gasteiger partial charge < -0.3 is 13.9 Å². The Hall–Kier alpha value is -2.27. The van der Waals surface area contributed by atoms with E-state index < -0.39 is 5.91 Å². The van der Waals surface area contributed by atoms with Gasteiger partial charge in [0.2, 0.25) is 0 Å². The summed E-state index contributed by atoms with van der Waals surface area (Å²) in [5.41, 5.74) is 4.76. The molecule has 6 nitrogen and oxygen atoms in total. The SMILES string of the molecule is CCOc1ccc2oc(C(=O)N/N=C/c3cc(Br)c(OCc4ccc(Cl)c(Cl)c4)c(I)c3)cc2c1. The van der Waals surface area contributed by atoms with Crippen LogP contribution in [0.4, 0.5) is 0 Å². The third-order valence-corrected chi connectivity index (χ3v) is 6.92. The van der Waals surface area contributed by atoms with E-state index in [4.69, 9.17) is 37.1 Å². The first-order valence-corrected chi connectivity index (χ1v) is 13.0. The molecule has 0 saturated heterocycles. The molecule has 0 aliphatic heterocycles. The lowest BCUT2D eigenvalue weighted by atomic mass is 10.2. The lowest BCUT2D eigenvalue weighted by Gasteiger charge is -2.12. The van der Waals surface area contributed by atoms with Crippen molar-refractivity contribution in [3.63, 3.8) is 0 Å². The number of nitrogens with one attached hydrogen (secondary N) is 1. The molecule has 35 heavy (non-hydrogen) atoms. The van der Waals surface area contributed by atoms with Gasteiger partial charge in [0.15, 0.2) is 5.76 Å². The number of hydrogen-bond acceptors (Lipinski definition) is 5. The Morgan fingerprint density at radius 3 is 2.69 bits per heavy atom. The van der Waals surface area contributed by atoms with Crippen LogP contribution < -0.4 is 14.9 Å². The summed E-state index contributed by atoms with van der Waals surface area (Å²) in [5.74, 6) is 1.11. The van der Waals surface area contributed by atoms with Gasteiger partial charge in [-0.05, 0) is 105 Å². The first kappa shape index (κ1) is 25.8. The second kappa shape index (κ2) is 11.6. The summed E-state index contributed by atoms with van der Waals surface area (Å²) in [6.45, 7) is 2.80. The Labute approximate surface area is 233 Å². The van der Waals surface area contributed by atoms with E-state index in [0.29, 0.717) is 34.6 Å². The number of hydrazone groups is 1. The Morgan fingerprint density at radius 2 is 1.94 bits per heavy atom. The molecule has 0 spiro atoms. The molecule has 3 aromatic carbocycles. The number of amides is 1. The number of hydrogen-bond donors (Lipinski definition) is 1. The van der Waals surface area contributed by atoms with Crippen LogP contribution in [0.1, 0.15) is 28.6 Å². The number of carbonyl (C=O) groups excluding carboxylic acids is 1. The minimum Gasteiger partial charge on any atom is -0.494 e. The third kappa shape index (κ3) is 6.49. The first-order valence-electron chi connectivity index (χ1n) is 10.4. The number of ether oxygens (including phenoxy) is 2. The molecule has 0 aliphatic rings. The van der Waals surface area contributed by atoms with Crippen molar-refractivity contribution in [3.05, 3.63) is 89.6 Å². The van der Waals surface area contributed by atoms with Crippen LogP contribution in [0.15, 0.2) is 68.6 Å². The van der Waals surface area contributed by atoms with Gasteiger partial charge in [-0.1, -0.05) is 29.3 Å². The summed E-state index contributed by atoms with van der Waals surface area (Å²) < 4.78 is 18.7. The summed E-state index contributed by atoms with van der Waals surface area (Å²) in [6.07, 6.45) is 1.55. The van der Waals surface area contributed by atoms with Crippen molar-refractivity contribution in [2.45, 2.75) is 13.5 Å². The molecule has 0 unspecified atom stereocenters. The molecule has 0 aliphatic carbocycles. The molecule has 0 atom stereocenters. The van der Waals surface area contributed by atoms with E-state index in [-0.39, 0.29) is 5.76 Å². The van der Waals surface area contributed by atoms with Gasteiger partial charge in [0.25, 0.3) is 0 Å². The highest BCUT2D eigenvalue weighted by atomic mass is 127. The molecule has 1 heterocycles. The van der Waals surface area contributed by atoms with Crippen molar-refractivity contribution in [3.8, 4) is 11.5 Å². The van der Waals surface area contributed by atoms with Gasteiger partial charge in [-0.25, -0.2) is 5.43 Å². The smallest absolute Gasteiger partial charge is 0.307 e. The molecule has 180 valence electrons. The zero-order chi connectivity index (χ0) is 24.9. The molecule has 4 rings (SSSR count). The number of furan rings is 1. The highest BCUT2D eigenvalue weighted by Gasteiger charge is 2.13. The fourth-order valence-corrected chi connectivity index (χ4v) is 5.28. The van der Waals surface area contributed by atoms with Gasteiger partial charge in [0, 0.05) is 5.39 Å². The van der Waals surface area contributed by atoms with Crippen molar-refractivity contribution in [2.75, 3.05) is 6.61 Å². The van der Waals surface area contributed by atoms with E-state index in [2.05, 4.69) is 49.0 Å². The molecule has 1 N–H and O–H groups in total. The Morgan fingerprint density at radius 1 is 1.11 bits per heavy atom. The number of carbonyl (C=O) groups is 1. The minimum atomic E-state index is -0.453. The topological polar surface area (TPSA) is 73.1 Å². The molecule has 1 aromatic heterocycles. The molecular formula is C25H18BrCl2IN2O4. The maximum Gasteiger partial charge on any atom is 0.307 e. The first-order chi connectivity index (χ1) is 16.8. The van der Waals surface area contributed by atoms with Crippen LogP contribution in [0.5, 0.6) is 11.5 Å². The predicted molar refractivity (Wildman–Crippen MR) is 150 cm³/mol. The van der Waals surface area contributed by atoms with Crippen LogP contribution in [0.3, 0.4) is 0 Å². The van der Waals surface area contributed by atoms with E-state index in [0.717, 1.165) is 30.3 Å². The average molecular weight is 688 g/mol. The van der Waals surface area contributed by atoms with Gasteiger partial charge in [-0.3, -0.25) is 4.79 Å². The van der Waals surface area contributed by atoms with Gasteiger partial charge in [-0.15, -0.1) is 0 Å². The van der Waals surface area contributed by atoms with E-state index in [1.165, 1.54) is 0 Å². The summed E-state index contributed by atoms with van der Waals surface area (Å²) in [5, 5.41) is 5.81. The monoisotopic (exact) mass is 686 g/mol. The summed E-state index contributed by atoms with van der Waals surface area (Å²) in [4.78, 5) is 12.5. The van der Waals surface area contributed by atoms with E-state index in [9.17, 15) is 4.79 Å². The van der Waals surface area contributed by atoms with Gasteiger partial charge in [0.05, 0.1) is 30.9 Å². The zero-order valence-corrected chi connectivity index (χ0v) is 23.5. The number of halogens is 4. The zero-order valence-electron chi connectivity index (χ0n) is 18.3. The highest BCUT2D eigenvalue weighted by Crippen LogP contribution is 2.33. The van der Waals surface area contributed by atoms with Gasteiger partial charge >= 0.3 is 5.91 Å². The van der Waals surface area contributed by atoms with E-state index >= 15 is 0 Å². The second-order valence-corrected chi connectivity index (χ2v) is 10.1. The summed E-state index contributed by atoms with van der Waals surface area (Å²) in [6, 6.07) is 16.2. The Balaban J connectivity index is 1.40. The van der Waals surface area contributed by atoms with Gasteiger partial charge in [-0.2, -0.15) is 5.10 Å². The van der Waals surface area contributed by atoms with E-state index in [1.54, 1.807) is 36.5 Å². The summed E-state index contributed by atoms with van der Waals surface area (Å²) in [7, 11) is 0. The summed E-state index contributed by atoms with van der Waals surface area (Å²) >= 11 is 17.8. The third-order valence-electron chi connectivity index (χ3n) is 4.79. The van der Waals surface area contributed by atoms with Crippen molar-refractivity contribution in [1.29, 1.82) is 0 Å².